The first-order valence-corrected chi connectivity index (χ1v) is 6.64. The van der Waals surface area contributed by atoms with E-state index >= 15 is 0 Å². The van der Waals surface area contributed by atoms with Crippen LogP contribution >= 0.6 is 0 Å². The second kappa shape index (κ2) is 7.52. The van der Waals surface area contributed by atoms with E-state index in [2.05, 4.69) is 5.32 Å². The van der Waals surface area contributed by atoms with Gasteiger partial charge >= 0.3 is 5.97 Å². The van der Waals surface area contributed by atoms with Crippen LogP contribution in [-0.2, 0) is 9.53 Å². The smallest absolute Gasteiger partial charge is 0.328 e. The lowest BCUT2D eigenvalue weighted by molar-refractivity contribution is -0.143. The molecule has 1 unspecified atom stereocenters. The van der Waals surface area contributed by atoms with Gasteiger partial charge in [0.1, 0.15) is 17.5 Å². The first kappa shape index (κ1) is 16.8. The molecule has 0 aromatic heterocycles. The van der Waals surface area contributed by atoms with Crippen molar-refractivity contribution in [3.05, 3.63) is 17.7 Å². The van der Waals surface area contributed by atoms with Crippen molar-refractivity contribution in [1.82, 2.24) is 0 Å². The number of Topliss-reactive ketones (excluding diaryl/α,β-unsaturated/α-hetero) is 1. The fourth-order valence-electron chi connectivity index (χ4n) is 1.84. The van der Waals surface area contributed by atoms with E-state index in [0.29, 0.717) is 29.4 Å². The Kier molecular flexibility index (Phi) is 6.02. The number of benzene rings is 1. The minimum absolute atomic E-state index is 0.161. The Morgan fingerprint density at radius 2 is 1.90 bits per heavy atom. The van der Waals surface area contributed by atoms with Crippen LogP contribution in [0.4, 0.5) is 5.69 Å². The molecule has 0 spiro atoms. The number of carbonyl (C=O) groups is 2. The zero-order valence-electron chi connectivity index (χ0n) is 13.0. The number of carbonyl (C=O) groups excluding carboxylic acids is 2. The van der Waals surface area contributed by atoms with Crippen LogP contribution in [0.15, 0.2) is 12.1 Å². The van der Waals surface area contributed by atoms with Crippen molar-refractivity contribution in [3.8, 4) is 11.5 Å². The Bertz CT molecular complexity index is 527. The van der Waals surface area contributed by atoms with Crippen LogP contribution in [0.3, 0.4) is 0 Å². The maximum absolute atomic E-state index is 11.8. The van der Waals surface area contributed by atoms with Gasteiger partial charge in [0.15, 0.2) is 5.78 Å². The van der Waals surface area contributed by atoms with E-state index in [1.165, 1.54) is 21.1 Å². The summed E-state index contributed by atoms with van der Waals surface area (Å²) in [6.45, 7) is 5.13. The highest BCUT2D eigenvalue weighted by Crippen LogP contribution is 2.34. The monoisotopic (exact) mass is 295 g/mol. The molecule has 21 heavy (non-hydrogen) atoms. The summed E-state index contributed by atoms with van der Waals surface area (Å²) < 4.78 is 15.4. The predicted octanol–water partition coefficient (Wildman–Crippen LogP) is 2.27. The van der Waals surface area contributed by atoms with Crippen LogP contribution < -0.4 is 14.8 Å². The van der Waals surface area contributed by atoms with Gasteiger partial charge in [0.05, 0.1) is 26.5 Å². The molecule has 6 heteroatoms. The number of nitrogens with one attached hydrogen (secondary N) is 1. The van der Waals surface area contributed by atoms with Crippen molar-refractivity contribution in [3.63, 3.8) is 0 Å². The van der Waals surface area contributed by atoms with Crippen molar-refractivity contribution in [1.29, 1.82) is 0 Å². The molecule has 0 fully saturated rings. The molecule has 1 aromatic carbocycles. The summed E-state index contributed by atoms with van der Waals surface area (Å²) in [6.07, 6.45) is 0. The molecule has 0 heterocycles. The minimum atomic E-state index is -0.606. The molecular formula is C15H21NO5. The Balaban J connectivity index is 3.20. The average molecular weight is 295 g/mol. The molecule has 1 atom stereocenters. The Morgan fingerprint density at radius 1 is 1.24 bits per heavy atom. The average Bonchev–Trinajstić information content (AvgIpc) is 2.47. The predicted molar refractivity (Wildman–Crippen MR) is 79.3 cm³/mol. The molecule has 6 nitrogen and oxygen atoms in total. The number of ether oxygens (including phenoxy) is 3. The van der Waals surface area contributed by atoms with Crippen LogP contribution in [0, 0.1) is 0 Å². The van der Waals surface area contributed by atoms with Gasteiger partial charge in [0, 0.05) is 11.6 Å². The lowest BCUT2D eigenvalue weighted by atomic mass is 10.1. The minimum Gasteiger partial charge on any atom is -0.497 e. The summed E-state index contributed by atoms with van der Waals surface area (Å²) in [5.74, 6) is 0.373. The van der Waals surface area contributed by atoms with Gasteiger partial charge in [-0.1, -0.05) is 0 Å². The van der Waals surface area contributed by atoms with E-state index in [4.69, 9.17) is 14.2 Å². The summed E-state index contributed by atoms with van der Waals surface area (Å²) >= 11 is 0. The zero-order chi connectivity index (χ0) is 16.0. The number of anilines is 1. The van der Waals surface area contributed by atoms with Crippen LogP contribution in [-0.4, -0.2) is 38.6 Å². The molecule has 1 N–H and O–H groups in total. The van der Waals surface area contributed by atoms with E-state index in [9.17, 15) is 9.59 Å². The maximum atomic E-state index is 11.8. The molecule has 0 saturated carbocycles. The number of ketones is 1. The number of esters is 1. The molecule has 0 bridgehead atoms. The van der Waals surface area contributed by atoms with E-state index in [-0.39, 0.29) is 5.78 Å². The van der Waals surface area contributed by atoms with Gasteiger partial charge in [0.25, 0.3) is 0 Å². The van der Waals surface area contributed by atoms with Crippen LogP contribution in [0.1, 0.15) is 31.1 Å². The van der Waals surface area contributed by atoms with E-state index in [1.807, 2.05) is 0 Å². The number of rotatable bonds is 7. The molecule has 0 radical (unpaired) electrons. The third-order valence-corrected chi connectivity index (χ3v) is 2.91. The van der Waals surface area contributed by atoms with Crippen molar-refractivity contribution < 1.29 is 23.8 Å². The number of hydrogen-bond donors (Lipinski definition) is 1. The molecule has 1 aromatic rings. The molecule has 0 aliphatic rings. The zero-order valence-corrected chi connectivity index (χ0v) is 13.0. The van der Waals surface area contributed by atoms with Gasteiger partial charge in [-0.3, -0.25) is 4.79 Å². The lowest BCUT2D eigenvalue weighted by Crippen LogP contribution is -2.29. The Labute approximate surface area is 124 Å². The Hall–Kier alpha value is -2.24. The van der Waals surface area contributed by atoms with Gasteiger partial charge in [-0.2, -0.15) is 0 Å². The molecule has 1 rings (SSSR count). The summed E-state index contributed by atoms with van der Waals surface area (Å²) in [5, 5.41) is 2.97. The highest BCUT2D eigenvalue weighted by atomic mass is 16.5. The fourth-order valence-corrected chi connectivity index (χ4v) is 1.84. The lowest BCUT2D eigenvalue weighted by Gasteiger charge is -2.19. The van der Waals surface area contributed by atoms with Gasteiger partial charge in [-0.25, -0.2) is 4.79 Å². The fraction of sp³-hybridized carbons (Fsp3) is 0.467. The standard InChI is InChI=1S/C15H21NO5/c1-6-21-15(18)9(2)16-14-12(10(3)17)7-11(19-4)8-13(14)20-5/h7-9,16H,6H2,1-5H3. The van der Waals surface area contributed by atoms with Crippen molar-refractivity contribution >= 4 is 17.4 Å². The Morgan fingerprint density at radius 3 is 2.38 bits per heavy atom. The SMILES string of the molecule is CCOC(=O)C(C)Nc1c(OC)cc(OC)cc1C(C)=O. The highest BCUT2D eigenvalue weighted by Gasteiger charge is 2.21. The summed E-state index contributed by atoms with van der Waals surface area (Å²) in [5.41, 5.74) is 0.841. The maximum Gasteiger partial charge on any atom is 0.328 e. The van der Waals surface area contributed by atoms with Crippen molar-refractivity contribution in [2.24, 2.45) is 0 Å². The molecule has 116 valence electrons. The van der Waals surface area contributed by atoms with Crippen LogP contribution in [0.2, 0.25) is 0 Å². The van der Waals surface area contributed by atoms with Crippen molar-refractivity contribution in [2.75, 3.05) is 26.1 Å². The largest absolute Gasteiger partial charge is 0.497 e. The van der Waals surface area contributed by atoms with E-state index in [0.717, 1.165) is 0 Å². The summed E-state index contributed by atoms with van der Waals surface area (Å²) in [4.78, 5) is 23.5. The molecule has 0 saturated heterocycles. The number of hydrogen-bond acceptors (Lipinski definition) is 6. The quantitative estimate of drug-likeness (QED) is 0.614. The summed E-state index contributed by atoms with van der Waals surface area (Å²) in [7, 11) is 2.99. The van der Waals surface area contributed by atoms with Crippen LogP contribution in [0.25, 0.3) is 0 Å². The van der Waals surface area contributed by atoms with Gasteiger partial charge in [-0.05, 0) is 26.8 Å². The topological polar surface area (TPSA) is 73.9 Å². The molecule has 0 aliphatic carbocycles. The third-order valence-electron chi connectivity index (χ3n) is 2.91. The molecule has 0 aliphatic heterocycles. The normalized spacial score (nSPS) is 11.5. The number of methoxy groups -OCH3 is 2. The molecule has 0 amide bonds. The van der Waals surface area contributed by atoms with Crippen LogP contribution in [0.5, 0.6) is 11.5 Å². The van der Waals surface area contributed by atoms with Crippen molar-refractivity contribution in [2.45, 2.75) is 26.8 Å². The van der Waals surface area contributed by atoms with Gasteiger partial charge in [-0.15, -0.1) is 0 Å². The first-order valence-electron chi connectivity index (χ1n) is 6.64. The van der Waals surface area contributed by atoms with Gasteiger partial charge < -0.3 is 19.5 Å². The van der Waals surface area contributed by atoms with E-state index in [1.54, 1.807) is 26.0 Å². The van der Waals surface area contributed by atoms with Gasteiger partial charge in [0.2, 0.25) is 0 Å². The molecular weight excluding hydrogens is 274 g/mol. The first-order chi connectivity index (χ1) is 9.94. The van der Waals surface area contributed by atoms with E-state index < -0.39 is 12.0 Å². The second-order valence-electron chi connectivity index (χ2n) is 4.43. The summed E-state index contributed by atoms with van der Waals surface area (Å²) in [6, 6.07) is 2.64. The second-order valence-corrected chi connectivity index (χ2v) is 4.43. The third kappa shape index (κ3) is 4.11. The highest BCUT2D eigenvalue weighted by molar-refractivity contribution is 6.02.